The van der Waals surface area contributed by atoms with E-state index in [1.165, 1.54) is 0 Å². The standard InChI is InChI=1S/C19H25BrN6O2.HI/c1-21-19(23-8-7-22-18(27)15-2-4-16(20)5-3-15)26-11-9-25(10-12-26)14-17-6-13-28-24-17;/h2-6,13H,7-12,14H2,1H3,(H,21,23)(H,22,27);1H. The van der Waals surface area contributed by atoms with Crippen molar-refractivity contribution >= 4 is 51.8 Å². The predicted molar refractivity (Wildman–Crippen MR) is 127 cm³/mol. The van der Waals surface area contributed by atoms with Gasteiger partial charge in [0.25, 0.3) is 5.91 Å². The first-order chi connectivity index (χ1) is 13.7. The van der Waals surface area contributed by atoms with E-state index in [9.17, 15) is 4.79 Å². The first-order valence-electron chi connectivity index (χ1n) is 9.26. The second-order valence-electron chi connectivity index (χ2n) is 6.49. The maximum absolute atomic E-state index is 12.1. The molecule has 10 heteroatoms. The Morgan fingerprint density at radius 3 is 2.45 bits per heavy atom. The van der Waals surface area contributed by atoms with Gasteiger partial charge in [0.2, 0.25) is 0 Å². The van der Waals surface area contributed by atoms with E-state index in [0.717, 1.165) is 48.8 Å². The first kappa shape index (κ1) is 23.6. The Bertz CT molecular complexity index is 777. The molecule has 2 heterocycles. The average molecular weight is 577 g/mol. The highest BCUT2D eigenvalue weighted by molar-refractivity contribution is 14.0. The zero-order valence-electron chi connectivity index (χ0n) is 16.3. The fourth-order valence-corrected chi connectivity index (χ4v) is 3.32. The van der Waals surface area contributed by atoms with Gasteiger partial charge in [-0.05, 0) is 24.3 Å². The van der Waals surface area contributed by atoms with Crippen molar-refractivity contribution in [2.45, 2.75) is 6.54 Å². The second-order valence-corrected chi connectivity index (χ2v) is 7.41. The largest absolute Gasteiger partial charge is 0.364 e. The molecule has 1 aromatic heterocycles. The highest BCUT2D eigenvalue weighted by atomic mass is 127. The van der Waals surface area contributed by atoms with Crippen molar-refractivity contribution in [3.05, 3.63) is 52.3 Å². The van der Waals surface area contributed by atoms with E-state index in [-0.39, 0.29) is 29.9 Å². The Morgan fingerprint density at radius 2 is 1.83 bits per heavy atom. The maximum Gasteiger partial charge on any atom is 0.251 e. The molecule has 1 aromatic carbocycles. The van der Waals surface area contributed by atoms with E-state index in [0.29, 0.717) is 18.7 Å². The molecule has 0 atom stereocenters. The van der Waals surface area contributed by atoms with Crippen LogP contribution >= 0.6 is 39.9 Å². The predicted octanol–water partition coefficient (Wildman–Crippen LogP) is 2.18. The summed E-state index contributed by atoms with van der Waals surface area (Å²) in [6.07, 6.45) is 1.60. The van der Waals surface area contributed by atoms with Crippen molar-refractivity contribution in [1.82, 2.24) is 25.6 Å². The lowest BCUT2D eigenvalue weighted by atomic mass is 10.2. The number of halogens is 2. The van der Waals surface area contributed by atoms with Crippen LogP contribution in [0.4, 0.5) is 0 Å². The molecule has 29 heavy (non-hydrogen) atoms. The van der Waals surface area contributed by atoms with Gasteiger partial charge in [-0.15, -0.1) is 24.0 Å². The van der Waals surface area contributed by atoms with Crippen LogP contribution in [0.3, 0.4) is 0 Å². The van der Waals surface area contributed by atoms with E-state index < -0.39 is 0 Å². The summed E-state index contributed by atoms with van der Waals surface area (Å²) >= 11 is 3.37. The molecule has 8 nitrogen and oxygen atoms in total. The Labute approximate surface area is 196 Å². The minimum atomic E-state index is -0.0780. The van der Waals surface area contributed by atoms with Gasteiger partial charge in [-0.2, -0.15) is 0 Å². The minimum Gasteiger partial charge on any atom is -0.364 e. The fourth-order valence-electron chi connectivity index (χ4n) is 3.05. The number of benzene rings is 1. The second kappa shape index (κ2) is 12.1. The molecular formula is C19H26BrIN6O2. The third kappa shape index (κ3) is 7.27. The van der Waals surface area contributed by atoms with Crippen LogP contribution in [0.15, 0.2) is 50.6 Å². The van der Waals surface area contributed by atoms with Crippen LogP contribution in [0.25, 0.3) is 0 Å². The van der Waals surface area contributed by atoms with Gasteiger partial charge in [0.1, 0.15) is 6.26 Å². The van der Waals surface area contributed by atoms with Crippen LogP contribution in [-0.2, 0) is 6.54 Å². The first-order valence-corrected chi connectivity index (χ1v) is 10.1. The van der Waals surface area contributed by atoms with Crippen LogP contribution < -0.4 is 10.6 Å². The summed E-state index contributed by atoms with van der Waals surface area (Å²) in [6.45, 7) is 5.61. The summed E-state index contributed by atoms with van der Waals surface area (Å²) < 4.78 is 5.84. The molecule has 3 rings (SSSR count). The van der Waals surface area contributed by atoms with Gasteiger partial charge in [-0.25, -0.2) is 0 Å². The lowest BCUT2D eigenvalue weighted by Crippen LogP contribution is -2.53. The van der Waals surface area contributed by atoms with Gasteiger partial charge in [0.15, 0.2) is 5.96 Å². The monoisotopic (exact) mass is 576 g/mol. The number of nitrogens with zero attached hydrogens (tertiary/aromatic N) is 4. The molecule has 2 N–H and O–H groups in total. The molecule has 0 aliphatic carbocycles. The van der Waals surface area contributed by atoms with Crippen molar-refractivity contribution < 1.29 is 9.32 Å². The van der Waals surface area contributed by atoms with Crippen molar-refractivity contribution in [1.29, 1.82) is 0 Å². The van der Waals surface area contributed by atoms with Crippen molar-refractivity contribution in [2.75, 3.05) is 46.3 Å². The average Bonchev–Trinajstić information content (AvgIpc) is 3.22. The molecule has 1 amide bonds. The van der Waals surface area contributed by atoms with Gasteiger partial charge in [0.05, 0.1) is 5.69 Å². The molecule has 1 aliphatic heterocycles. The molecule has 158 valence electrons. The van der Waals surface area contributed by atoms with E-state index >= 15 is 0 Å². The quantitative estimate of drug-likeness (QED) is 0.237. The molecule has 1 aliphatic rings. The summed E-state index contributed by atoms with van der Waals surface area (Å²) in [5.41, 5.74) is 1.60. The Hall–Kier alpha value is -1.66. The number of carbonyl (C=O) groups is 1. The van der Waals surface area contributed by atoms with E-state index in [4.69, 9.17) is 4.52 Å². The van der Waals surface area contributed by atoms with Gasteiger partial charge < -0.3 is 20.1 Å². The number of rotatable bonds is 6. The van der Waals surface area contributed by atoms with E-state index in [1.54, 1.807) is 25.4 Å². The van der Waals surface area contributed by atoms with E-state index in [1.807, 2.05) is 18.2 Å². The lowest BCUT2D eigenvalue weighted by molar-refractivity contribution is 0.0954. The van der Waals surface area contributed by atoms with Crippen LogP contribution in [0.2, 0.25) is 0 Å². The lowest BCUT2D eigenvalue weighted by Gasteiger charge is -2.36. The number of hydrogen-bond donors (Lipinski definition) is 2. The zero-order valence-corrected chi connectivity index (χ0v) is 20.2. The molecule has 0 bridgehead atoms. The SMILES string of the molecule is CN=C(NCCNC(=O)c1ccc(Br)cc1)N1CCN(Cc2ccon2)CC1.I. The minimum absolute atomic E-state index is 0. The van der Waals surface area contributed by atoms with Crippen molar-refractivity contribution in [2.24, 2.45) is 4.99 Å². The molecule has 0 saturated carbocycles. The number of amides is 1. The number of aromatic nitrogens is 1. The topological polar surface area (TPSA) is 86.0 Å². The van der Waals surface area contributed by atoms with Crippen LogP contribution in [0.1, 0.15) is 16.1 Å². The van der Waals surface area contributed by atoms with Crippen molar-refractivity contribution in [3.63, 3.8) is 0 Å². The molecule has 0 radical (unpaired) electrons. The van der Waals surface area contributed by atoms with Crippen LogP contribution in [0, 0.1) is 0 Å². The summed E-state index contributed by atoms with van der Waals surface area (Å²) in [5.74, 6) is 0.782. The highest BCUT2D eigenvalue weighted by Gasteiger charge is 2.20. The molecule has 0 spiro atoms. The van der Waals surface area contributed by atoms with Gasteiger partial charge in [0, 0.05) is 69.0 Å². The Morgan fingerprint density at radius 1 is 1.14 bits per heavy atom. The number of hydrogen-bond acceptors (Lipinski definition) is 5. The summed E-state index contributed by atoms with van der Waals surface area (Å²) in [6, 6.07) is 9.21. The van der Waals surface area contributed by atoms with Gasteiger partial charge in [-0.1, -0.05) is 21.1 Å². The Kier molecular flexibility index (Phi) is 9.88. The normalized spacial score (nSPS) is 15.0. The number of guanidine groups is 1. The Balaban J connectivity index is 0.00000300. The molecule has 2 aromatic rings. The van der Waals surface area contributed by atoms with Gasteiger partial charge in [-0.3, -0.25) is 14.7 Å². The highest BCUT2D eigenvalue weighted by Crippen LogP contribution is 2.10. The van der Waals surface area contributed by atoms with Crippen molar-refractivity contribution in [3.8, 4) is 0 Å². The summed E-state index contributed by atoms with van der Waals surface area (Å²) in [7, 11) is 1.78. The number of nitrogens with one attached hydrogen (secondary N) is 2. The zero-order chi connectivity index (χ0) is 19.8. The van der Waals surface area contributed by atoms with Crippen LogP contribution in [-0.4, -0.2) is 73.1 Å². The maximum atomic E-state index is 12.1. The molecule has 0 unspecified atom stereocenters. The molecule has 1 fully saturated rings. The van der Waals surface area contributed by atoms with Crippen LogP contribution in [0.5, 0.6) is 0 Å². The number of carbonyl (C=O) groups excluding carboxylic acids is 1. The molecule has 1 saturated heterocycles. The van der Waals surface area contributed by atoms with Gasteiger partial charge >= 0.3 is 0 Å². The fraction of sp³-hybridized carbons (Fsp3) is 0.421. The van der Waals surface area contributed by atoms with E-state index in [2.05, 4.69) is 46.5 Å². The number of piperazine rings is 1. The molecular weight excluding hydrogens is 551 g/mol. The summed E-state index contributed by atoms with van der Waals surface area (Å²) in [4.78, 5) is 21.1. The third-order valence-corrected chi connectivity index (χ3v) is 5.09. The summed E-state index contributed by atoms with van der Waals surface area (Å²) in [5, 5.41) is 10.2. The third-order valence-electron chi connectivity index (χ3n) is 4.56. The smallest absolute Gasteiger partial charge is 0.251 e. The number of aliphatic imine (C=N–C) groups is 1.